The van der Waals surface area contributed by atoms with Crippen LogP contribution in [0.1, 0.15) is 37.8 Å². The molecule has 0 aliphatic carbocycles. The zero-order chi connectivity index (χ0) is 12.3. The highest BCUT2D eigenvalue weighted by molar-refractivity contribution is 7.99. The van der Waals surface area contributed by atoms with Crippen molar-refractivity contribution in [2.45, 2.75) is 37.1 Å². The number of hydrogen-bond acceptors (Lipinski definition) is 2. The van der Waals surface area contributed by atoms with Crippen LogP contribution in [0.25, 0.3) is 0 Å². The normalized spacial score (nSPS) is 19.8. The van der Waals surface area contributed by atoms with E-state index in [1.54, 1.807) is 0 Å². The molecule has 1 aromatic rings. The van der Waals surface area contributed by atoms with E-state index in [0.717, 1.165) is 43.2 Å². The van der Waals surface area contributed by atoms with Crippen molar-refractivity contribution in [2.24, 2.45) is 0 Å². The average Bonchev–Trinajstić information content (AvgIpc) is 2.49. The van der Waals surface area contributed by atoms with Gasteiger partial charge in [0, 0.05) is 17.0 Å². The maximum absolute atomic E-state index is 13.7. The molecule has 17 heavy (non-hydrogen) atoms. The Labute approximate surface area is 105 Å². The summed E-state index contributed by atoms with van der Waals surface area (Å²) in [5, 5.41) is 3.38. The van der Waals surface area contributed by atoms with Gasteiger partial charge in [0.25, 0.3) is 0 Å². The predicted molar refractivity (Wildman–Crippen MR) is 67.4 cm³/mol. The van der Waals surface area contributed by atoms with Gasteiger partial charge in [0.05, 0.1) is 0 Å². The molecule has 1 nitrogen and oxygen atoms in total. The molecule has 0 spiro atoms. The van der Waals surface area contributed by atoms with Crippen LogP contribution in [0.15, 0.2) is 17.0 Å². The van der Waals surface area contributed by atoms with E-state index in [-0.39, 0.29) is 6.04 Å². The van der Waals surface area contributed by atoms with Gasteiger partial charge in [-0.3, -0.25) is 0 Å². The Balaban J connectivity index is 2.33. The number of fused-ring (bicyclic) bond motifs is 1. The van der Waals surface area contributed by atoms with Crippen molar-refractivity contribution < 1.29 is 8.78 Å². The van der Waals surface area contributed by atoms with Crippen LogP contribution in [-0.2, 0) is 0 Å². The highest BCUT2D eigenvalue weighted by Gasteiger charge is 2.22. The molecular formula is C13H17F2NS. The Bertz CT molecular complexity index is 395. The summed E-state index contributed by atoms with van der Waals surface area (Å²) in [7, 11) is 0. The third-order valence-electron chi connectivity index (χ3n) is 2.94. The van der Waals surface area contributed by atoms with E-state index in [2.05, 4.69) is 12.2 Å². The standard InChI is InChI=1S/C13H17F2NS/c1-2-5-16-12-4-3-6-17-13-10(12)7-9(14)8-11(13)15/h7-8,12,16H,2-6H2,1H3. The third kappa shape index (κ3) is 2.99. The summed E-state index contributed by atoms with van der Waals surface area (Å²) in [6, 6.07) is 2.54. The maximum atomic E-state index is 13.7. The van der Waals surface area contributed by atoms with Crippen molar-refractivity contribution in [3.63, 3.8) is 0 Å². The molecule has 0 radical (unpaired) electrons. The summed E-state index contributed by atoms with van der Waals surface area (Å²) in [5.41, 5.74) is 0.790. The van der Waals surface area contributed by atoms with E-state index in [1.165, 1.54) is 17.8 Å². The molecule has 4 heteroatoms. The first kappa shape index (κ1) is 12.8. The summed E-state index contributed by atoms with van der Waals surface area (Å²) in [6.45, 7) is 2.97. The Hall–Kier alpha value is -0.610. The molecule has 0 fully saturated rings. The maximum Gasteiger partial charge on any atom is 0.140 e. The number of rotatable bonds is 3. The fourth-order valence-corrected chi connectivity index (χ4v) is 3.22. The van der Waals surface area contributed by atoms with Crippen molar-refractivity contribution in [3.8, 4) is 0 Å². The van der Waals surface area contributed by atoms with Crippen LogP contribution in [0.2, 0.25) is 0 Å². The fraction of sp³-hybridized carbons (Fsp3) is 0.538. The van der Waals surface area contributed by atoms with Crippen LogP contribution in [0, 0.1) is 11.6 Å². The van der Waals surface area contributed by atoms with Gasteiger partial charge in [0.2, 0.25) is 0 Å². The minimum absolute atomic E-state index is 0.0881. The van der Waals surface area contributed by atoms with Crippen molar-refractivity contribution >= 4 is 11.8 Å². The Morgan fingerprint density at radius 3 is 3.00 bits per heavy atom. The average molecular weight is 257 g/mol. The highest BCUT2D eigenvalue weighted by atomic mass is 32.2. The largest absolute Gasteiger partial charge is 0.310 e. The molecule has 0 bridgehead atoms. The van der Waals surface area contributed by atoms with Gasteiger partial charge >= 0.3 is 0 Å². The van der Waals surface area contributed by atoms with Crippen LogP contribution in [-0.4, -0.2) is 12.3 Å². The molecule has 1 heterocycles. The van der Waals surface area contributed by atoms with Crippen LogP contribution in [0.5, 0.6) is 0 Å². The Kier molecular flexibility index (Phi) is 4.40. The summed E-state index contributed by atoms with van der Waals surface area (Å²) in [5.74, 6) is 0.00194. The lowest BCUT2D eigenvalue weighted by Crippen LogP contribution is -2.22. The second kappa shape index (κ2) is 5.83. The monoisotopic (exact) mass is 257 g/mol. The Morgan fingerprint density at radius 1 is 1.41 bits per heavy atom. The molecule has 0 aromatic heterocycles. The highest BCUT2D eigenvalue weighted by Crippen LogP contribution is 2.37. The van der Waals surface area contributed by atoms with Crippen molar-refractivity contribution in [2.75, 3.05) is 12.3 Å². The van der Waals surface area contributed by atoms with Crippen LogP contribution < -0.4 is 5.32 Å². The van der Waals surface area contributed by atoms with E-state index >= 15 is 0 Å². The first-order valence-corrected chi connectivity index (χ1v) is 7.06. The van der Waals surface area contributed by atoms with Crippen molar-refractivity contribution in [1.29, 1.82) is 0 Å². The lowest BCUT2D eigenvalue weighted by molar-refractivity contribution is 0.479. The molecule has 1 aliphatic heterocycles. The molecule has 1 unspecified atom stereocenters. The van der Waals surface area contributed by atoms with Gasteiger partial charge in [-0.05, 0) is 43.2 Å². The van der Waals surface area contributed by atoms with Crippen LogP contribution in [0.4, 0.5) is 8.78 Å². The van der Waals surface area contributed by atoms with E-state index in [4.69, 9.17) is 0 Å². The second-order valence-electron chi connectivity index (χ2n) is 4.30. The zero-order valence-corrected chi connectivity index (χ0v) is 10.7. The molecule has 2 rings (SSSR count). The minimum atomic E-state index is -0.480. The second-order valence-corrected chi connectivity index (χ2v) is 5.41. The number of benzene rings is 1. The van der Waals surface area contributed by atoms with Gasteiger partial charge in [-0.15, -0.1) is 11.8 Å². The fourth-order valence-electron chi connectivity index (χ4n) is 2.14. The summed E-state index contributed by atoms with van der Waals surface area (Å²) >= 11 is 1.50. The molecular weight excluding hydrogens is 240 g/mol. The van der Waals surface area contributed by atoms with Gasteiger partial charge in [-0.2, -0.15) is 0 Å². The predicted octanol–water partition coefficient (Wildman–Crippen LogP) is 3.89. The quantitative estimate of drug-likeness (QED) is 0.881. The number of nitrogens with one attached hydrogen (secondary N) is 1. The summed E-state index contributed by atoms with van der Waals surface area (Å²) in [4.78, 5) is 0.623. The minimum Gasteiger partial charge on any atom is -0.310 e. The number of halogens is 2. The zero-order valence-electron chi connectivity index (χ0n) is 9.93. The van der Waals surface area contributed by atoms with Gasteiger partial charge in [0.15, 0.2) is 0 Å². The van der Waals surface area contributed by atoms with Crippen molar-refractivity contribution in [1.82, 2.24) is 5.32 Å². The number of thioether (sulfide) groups is 1. The molecule has 0 saturated carbocycles. The number of hydrogen-bond donors (Lipinski definition) is 1. The molecule has 1 atom stereocenters. The lowest BCUT2D eigenvalue weighted by Gasteiger charge is -2.19. The molecule has 1 N–H and O–H groups in total. The molecule has 0 amide bonds. The lowest BCUT2D eigenvalue weighted by atomic mass is 10.0. The van der Waals surface area contributed by atoms with Gasteiger partial charge in [-0.25, -0.2) is 8.78 Å². The SMILES string of the molecule is CCCNC1CCCSc2c(F)cc(F)cc21. The Morgan fingerprint density at radius 2 is 2.24 bits per heavy atom. The molecule has 0 saturated heterocycles. The van der Waals surface area contributed by atoms with Crippen molar-refractivity contribution in [3.05, 3.63) is 29.3 Å². The van der Waals surface area contributed by atoms with Crippen LogP contribution in [0.3, 0.4) is 0 Å². The van der Waals surface area contributed by atoms with Crippen LogP contribution >= 0.6 is 11.8 Å². The summed E-state index contributed by atoms with van der Waals surface area (Å²) in [6.07, 6.45) is 3.00. The molecule has 94 valence electrons. The van der Waals surface area contributed by atoms with E-state index in [1.807, 2.05) is 0 Å². The summed E-state index contributed by atoms with van der Waals surface area (Å²) < 4.78 is 27.0. The topological polar surface area (TPSA) is 12.0 Å². The first-order valence-electron chi connectivity index (χ1n) is 6.07. The van der Waals surface area contributed by atoms with E-state index in [0.29, 0.717) is 4.90 Å². The van der Waals surface area contributed by atoms with Gasteiger partial charge < -0.3 is 5.32 Å². The van der Waals surface area contributed by atoms with Gasteiger partial charge in [0.1, 0.15) is 11.6 Å². The first-order chi connectivity index (χ1) is 8.22. The third-order valence-corrected chi connectivity index (χ3v) is 4.15. The smallest absolute Gasteiger partial charge is 0.140 e. The van der Waals surface area contributed by atoms with E-state index in [9.17, 15) is 8.78 Å². The molecule has 1 aromatic carbocycles. The molecule has 1 aliphatic rings. The van der Waals surface area contributed by atoms with E-state index < -0.39 is 11.6 Å². The van der Waals surface area contributed by atoms with Gasteiger partial charge in [-0.1, -0.05) is 6.92 Å².